The molecule has 0 heterocycles. The Balaban J connectivity index is 2.38. The van der Waals surface area contributed by atoms with Crippen molar-refractivity contribution in [3.05, 3.63) is 70.3 Å². The van der Waals surface area contributed by atoms with Crippen LogP contribution in [-0.2, 0) is 35.8 Å². The van der Waals surface area contributed by atoms with Gasteiger partial charge < -0.3 is 25.2 Å². The minimum atomic E-state index is -0.433. The zero-order chi connectivity index (χ0) is 27.3. The number of aromatic hydroxyl groups is 4. The third-order valence-electron chi connectivity index (χ3n) is 7.13. The van der Waals surface area contributed by atoms with E-state index in [1.54, 1.807) is 19.3 Å². The molecular weight excluding hydrogens is 452 g/mol. The van der Waals surface area contributed by atoms with Crippen molar-refractivity contribution in [2.45, 2.75) is 91.1 Å². The maximum Gasteiger partial charge on any atom is 0.160 e. The van der Waals surface area contributed by atoms with Crippen LogP contribution in [0.5, 0.6) is 23.0 Å². The van der Waals surface area contributed by atoms with Gasteiger partial charge in [0.2, 0.25) is 0 Å². The minimum absolute atomic E-state index is 0.0530. The number of phenolic OH excluding ortho intramolecular Hbond substituents is 4. The van der Waals surface area contributed by atoms with Gasteiger partial charge in [0.25, 0.3) is 0 Å². The summed E-state index contributed by atoms with van der Waals surface area (Å²) in [5.41, 5.74) is 4.66. The van der Waals surface area contributed by atoms with Gasteiger partial charge in [-0.15, -0.1) is 6.58 Å². The average Bonchev–Trinajstić information content (AvgIpc) is 2.80. The summed E-state index contributed by atoms with van der Waals surface area (Å²) in [6, 6.07) is 4.92. The normalized spacial score (nSPS) is 12.0. The summed E-state index contributed by atoms with van der Waals surface area (Å²) >= 11 is 0. The molecule has 0 saturated carbocycles. The van der Waals surface area contributed by atoms with Crippen LogP contribution in [0.4, 0.5) is 0 Å². The number of hydrogen-bond acceptors (Lipinski definition) is 5. The summed E-state index contributed by atoms with van der Waals surface area (Å²) in [6.07, 6.45) is 7.85. The molecule has 0 fully saturated rings. The van der Waals surface area contributed by atoms with Crippen molar-refractivity contribution in [3.63, 3.8) is 0 Å². The second-order valence-electron chi connectivity index (χ2n) is 11.1. The molecule has 5 heteroatoms. The number of aryl methyl sites for hydroxylation is 2. The Morgan fingerprint density at radius 3 is 2.08 bits per heavy atom. The average molecular weight is 497 g/mol. The highest BCUT2D eigenvalue weighted by molar-refractivity contribution is 5.54. The fourth-order valence-corrected chi connectivity index (χ4v) is 4.31. The quantitative estimate of drug-likeness (QED) is 0.187. The van der Waals surface area contributed by atoms with Crippen LogP contribution in [-0.4, -0.2) is 33.1 Å². The molecule has 5 nitrogen and oxygen atoms in total. The molecule has 0 amide bonds. The van der Waals surface area contributed by atoms with Gasteiger partial charge in [0.15, 0.2) is 11.5 Å². The smallest absolute Gasteiger partial charge is 0.160 e. The molecule has 0 aliphatic heterocycles. The Kier molecular flexibility index (Phi) is 9.67. The Labute approximate surface area is 216 Å². The van der Waals surface area contributed by atoms with E-state index >= 15 is 0 Å². The van der Waals surface area contributed by atoms with Crippen LogP contribution in [0, 0.1) is 0 Å². The molecule has 2 aromatic carbocycles. The minimum Gasteiger partial charge on any atom is -0.508 e. The molecule has 0 aliphatic rings. The number of allylic oxidation sites excluding steroid dienone is 3. The lowest BCUT2D eigenvalue weighted by atomic mass is 9.82. The fraction of sp³-hybridized carbons (Fsp3) is 0.484. The van der Waals surface area contributed by atoms with Gasteiger partial charge in [0, 0.05) is 29.7 Å². The van der Waals surface area contributed by atoms with Gasteiger partial charge in [0.1, 0.15) is 11.5 Å². The lowest BCUT2D eigenvalue weighted by molar-refractivity contribution is 0.0156. The first-order valence-electron chi connectivity index (χ1n) is 12.7. The number of methoxy groups -OCH3 is 1. The molecule has 4 N–H and O–H groups in total. The van der Waals surface area contributed by atoms with E-state index in [9.17, 15) is 20.4 Å². The van der Waals surface area contributed by atoms with Gasteiger partial charge in [0.05, 0.1) is 5.60 Å². The molecule has 0 spiro atoms. The van der Waals surface area contributed by atoms with E-state index in [-0.39, 0.29) is 28.6 Å². The van der Waals surface area contributed by atoms with Gasteiger partial charge in [-0.1, -0.05) is 31.6 Å². The van der Waals surface area contributed by atoms with E-state index in [0.717, 1.165) is 34.2 Å². The topological polar surface area (TPSA) is 90.2 Å². The highest BCUT2D eigenvalue weighted by Crippen LogP contribution is 2.39. The summed E-state index contributed by atoms with van der Waals surface area (Å²) in [5.74, 6) is -0.0527. The van der Waals surface area contributed by atoms with Crippen LogP contribution in [0.1, 0.15) is 82.2 Å². The van der Waals surface area contributed by atoms with Gasteiger partial charge in [-0.25, -0.2) is 0 Å². The van der Waals surface area contributed by atoms with Crippen LogP contribution in [0.15, 0.2) is 42.5 Å². The predicted molar refractivity (Wildman–Crippen MR) is 147 cm³/mol. The molecule has 36 heavy (non-hydrogen) atoms. The van der Waals surface area contributed by atoms with Crippen LogP contribution in [0.3, 0.4) is 0 Å². The van der Waals surface area contributed by atoms with Crippen LogP contribution >= 0.6 is 0 Å². The molecule has 0 aliphatic carbocycles. The van der Waals surface area contributed by atoms with E-state index in [4.69, 9.17) is 4.74 Å². The maximum absolute atomic E-state index is 10.8. The highest BCUT2D eigenvalue weighted by Gasteiger charge is 2.23. The molecule has 0 aromatic heterocycles. The van der Waals surface area contributed by atoms with E-state index in [1.165, 1.54) is 11.6 Å². The predicted octanol–water partition coefficient (Wildman–Crippen LogP) is 7.01. The first kappa shape index (κ1) is 29.3. The van der Waals surface area contributed by atoms with Crippen LogP contribution < -0.4 is 0 Å². The third-order valence-corrected chi connectivity index (χ3v) is 7.13. The number of hydrogen-bond donors (Lipinski definition) is 4. The third kappa shape index (κ3) is 7.30. The van der Waals surface area contributed by atoms with Crippen LogP contribution in [0.2, 0.25) is 0 Å². The number of benzene rings is 2. The summed E-state index contributed by atoms with van der Waals surface area (Å²) < 4.78 is 5.57. The molecule has 0 saturated heterocycles. The zero-order valence-corrected chi connectivity index (χ0v) is 23.0. The summed E-state index contributed by atoms with van der Waals surface area (Å²) in [5, 5.41) is 42.1. The molecule has 2 rings (SSSR count). The van der Waals surface area contributed by atoms with Crippen molar-refractivity contribution in [1.82, 2.24) is 0 Å². The van der Waals surface area contributed by atoms with Gasteiger partial charge in [-0.2, -0.15) is 0 Å². The molecule has 0 radical (unpaired) electrons. The lowest BCUT2D eigenvalue weighted by Crippen LogP contribution is -2.23. The highest BCUT2D eigenvalue weighted by atomic mass is 16.5. The second kappa shape index (κ2) is 11.9. The first-order valence-corrected chi connectivity index (χ1v) is 12.7. The second-order valence-corrected chi connectivity index (χ2v) is 11.1. The summed E-state index contributed by atoms with van der Waals surface area (Å²) in [7, 11) is 1.68. The van der Waals surface area contributed by atoms with Gasteiger partial charge in [-0.05, 0) is 95.0 Å². The van der Waals surface area contributed by atoms with Crippen molar-refractivity contribution in [2.24, 2.45) is 0 Å². The number of phenols is 4. The Morgan fingerprint density at radius 1 is 0.861 bits per heavy atom. The monoisotopic (exact) mass is 496 g/mol. The molecule has 0 unspecified atom stereocenters. The van der Waals surface area contributed by atoms with E-state index in [2.05, 4.69) is 12.7 Å². The number of ether oxygens (including phenoxy) is 1. The Morgan fingerprint density at radius 2 is 1.50 bits per heavy atom. The largest absolute Gasteiger partial charge is 0.508 e. The SMILES string of the molecule is C=CC(C)(C)c1cc(CCCc2cc(O)c(O)c(CCC(C)(C)OC)c2CC=C(C)C)c(O)cc1O. The van der Waals surface area contributed by atoms with Crippen molar-refractivity contribution < 1.29 is 25.2 Å². The first-order chi connectivity index (χ1) is 16.7. The fourth-order valence-electron chi connectivity index (χ4n) is 4.31. The molecule has 0 atom stereocenters. The molecule has 198 valence electrons. The number of rotatable bonds is 12. The maximum atomic E-state index is 10.8. The Hall–Kier alpha value is -2.92. The van der Waals surface area contributed by atoms with E-state index in [0.29, 0.717) is 32.1 Å². The van der Waals surface area contributed by atoms with Crippen molar-refractivity contribution in [1.29, 1.82) is 0 Å². The van der Waals surface area contributed by atoms with Crippen molar-refractivity contribution in [3.8, 4) is 23.0 Å². The van der Waals surface area contributed by atoms with Crippen LogP contribution in [0.25, 0.3) is 0 Å². The van der Waals surface area contributed by atoms with Gasteiger partial charge >= 0.3 is 0 Å². The lowest BCUT2D eigenvalue weighted by Gasteiger charge is -2.25. The van der Waals surface area contributed by atoms with Crippen molar-refractivity contribution >= 4 is 0 Å². The zero-order valence-electron chi connectivity index (χ0n) is 23.0. The summed E-state index contributed by atoms with van der Waals surface area (Å²) in [6.45, 7) is 15.9. The molecule has 2 aromatic rings. The van der Waals surface area contributed by atoms with Crippen molar-refractivity contribution in [2.75, 3.05) is 7.11 Å². The Bertz CT molecular complexity index is 1100. The van der Waals surface area contributed by atoms with E-state index in [1.807, 2.05) is 47.6 Å². The van der Waals surface area contributed by atoms with Gasteiger partial charge in [-0.3, -0.25) is 0 Å². The standard InChI is InChI=1S/C31H44O5/c1-9-30(4,5)25-17-22(26(32)19-27(25)33)12-10-11-21-18-28(34)29(35)24(15-16-31(6,7)36-8)23(21)14-13-20(2)3/h9,13,17-19,32-35H,1,10-12,14-16H2,2-8H3. The summed E-state index contributed by atoms with van der Waals surface area (Å²) in [4.78, 5) is 0. The molecular formula is C31H44O5. The van der Waals surface area contributed by atoms with E-state index < -0.39 is 5.41 Å². The molecule has 0 bridgehead atoms.